The van der Waals surface area contributed by atoms with Gasteiger partial charge in [0, 0.05) is 12.5 Å². The maximum atomic E-state index is 13.6. The summed E-state index contributed by atoms with van der Waals surface area (Å²) in [6, 6.07) is 0. The number of fused-ring (bicyclic) bond motifs is 5. The first kappa shape index (κ1) is 23.3. The minimum atomic E-state index is -0.468. The van der Waals surface area contributed by atoms with Crippen LogP contribution < -0.4 is 0 Å². The molecule has 4 nitrogen and oxygen atoms in total. The molecule has 0 bridgehead atoms. The summed E-state index contributed by atoms with van der Waals surface area (Å²) >= 11 is 0. The van der Waals surface area contributed by atoms with Crippen LogP contribution in [-0.2, 0) is 4.79 Å². The Labute approximate surface area is 195 Å². The predicted octanol–water partition coefficient (Wildman–Crippen LogP) is 4.81. The zero-order valence-electron chi connectivity index (χ0n) is 21.0. The van der Waals surface area contributed by atoms with E-state index < -0.39 is 5.60 Å². The molecule has 1 unspecified atom stereocenters. The Balaban J connectivity index is 1.35. The molecular weight excluding hydrogens is 398 g/mol. The monoisotopic (exact) mass is 445 g/mol. The van der Waals surface area contributed by atoms with Crippen molar-refractivity contribution >= 4 is 5.78 Å². The summed E-state index contributed by atoms with van der Waals surface area (Å²) in [5.74, 6) is 2.75. The third-order valence-electron chi connectivity index (χ3n) is 12.0. The van der Waals surface area contributed by atoms with Gasteiger partial charge in [-0.1, -0.05) is 20.8 Å². The number of aliphatic hydroxyl groups excluding tert-OH is 1. The standard InChI is InChI=1S/C28H47NO3/c1-25(32)11-9-21-19(16-25)7-8-24-26(21,2)13-14-27(3)22(10-12-28(24,27)4)23(31)18-29-15-5-6-20(30)17-29/h19-22,24,30,32H,5-18H2,1-4H3/t19-,20?,21-,22+,24+,25+,26+,27+,28-/m0/s1. The number of nitrogens with zero attached hydrogens (tertiary/aromatic N) is 1. The van der Waals surface area contributed by atoms with Crippen LogP contribution in [0.4, 0.5) is 0 Å². The molecule has 1 heterocycles. The maximum absolute atomic E-state index is 13.6. The van der Waals surface area contributed by atoms with Gasteiger partial charge in [0.1, 0.15) is 5.78 Å². The average Bonchev–Trinajstić information content (AvgIpc) is 2.98. The predicted molar refractivity (Wildman–Crippen MR) is 127 cm³/mol. The molecule has 0 amide bonds. The van der Waals surface area contributed by atoms with Crippen molar-refractivity contribution in [2.75, 3.05) is 19.6 Å². The number of carbonyl (C=O) groups is 1. The highest BCUT2D eigenvalue weighted by Gasteiger charge is 2.68. The SMILES string of the molecule is C[C@@]1(O)CC[C@H]2[C@@H](CC[C@@H]3[C@]2(C)CC[C@]2(C)[C@@H](C(=O)CN4CCCC(O)C4)CC[C@@]32C)C1. The Hall–Kier alpha value is -0.450. The lowest BCUT2D eigenvalue weighted by Crippen LogP contribution is -2.60. The van der Waals surface area contributed by atoms with E-state index in [1.807, 2.05) is 6.92 Å². The molecule has 182 valence electrons. The highest BCUT2D eigenvalue weighted by molar-refractivity contribution is 5.84. The lowest BCUT2D eigenvalue weighted by molar-refractivity contribution is -0.184. The Bertz CT molecular complexity index is 751. The molecule has 1 saturated heterocycles. The number of hydrogen-bond donors (Lipinski definition) is 2. The topological polar surface area (TPSA) is 60.8 Å². The molecule has 9 atom stereocenters. The second-order valence-electron chi connectivity index (χ2n) is 13.7. The zero-order valence-corrected chi connectivity index (χ0v) is 21.0. The lowest BCUT2D eigenvalue weighted by Gasteiger charge is -2.66. The molecule has 0 radical (unpaired) electrons. The molecule has 5 rings (SSSR count). The number of rotatable bonds is 3. The third kappa shape index (κ3) is 3.45. The lowest BCUT2D eigenvalue weighted by atomic mass is 9.38. The van der Waals surface area contributed by atoms with Crippen molar-refractivity contribution < 1.29 is 15.0 Å². The van der Waals surface area contributed by atoms with E-state index in [0.717, 1.165) is 44.6 Å². The Morgan fingerprint density at radius 3 is 2.47 bits per heavy atom. The van der Waals surface area contributed by atoms with Crippen LogP contribution >= 0.6 is 0 Å². The van der Waals surface area contributed by atoms with Gasteiger partial charge < -0.3 is 10.2 Å². The van der Waals surface area contributed by atoms with Crippen molar-refractivity contribution in [1.29, 1.82) is 0 Å². The van der Waals surface area contributed by atoms with Crippen LogP contribution in [0.1, 0.15) is 98.3 Å². The van der Waals surface area contributed by atoms with Crippen LogP contribution in [0.25, 0.3) is 0 Å². The molecule has 0 aromatic heterocycles. The van der Waals surface area contributed by atoms with Crippen molar-refractivity contribution in [3.63, 3.8) is 0 Å². The molecule has 4 aliphatic carbocycles. The summed E-state index contributed by atoms with van der Waals surface area (Å²) in [5, 5.41) is 20.8. The highest BCUT2D eigenvalue weighted by atomic mass is 16.3. The molecule has 4 heteroatoms. The molecule has 5 aliphatic rings. The minimum absolute atomic E-state index is 0.107. The van der Waals surface area contributed by atoms with E-state index >= 15 is 0 Å². The average molecular weight is 446 g/mol. The fraction of sp³-hybridized carbons (Fsp3) is 0.964. The summed E-state index contributed by atoms with van der Waals surface area (Å²) in [4.78, 5) is 15.8. The molecule has 2 N–H and O–H groups in total. The molecule has 0 aromatic carbocycles. The van der Waals surface area contributed by atoms with Crippen molar-refractivity contribution in [1.82, 2.24) is 4.90 Å². The molecule has 0 spiro atoms. The fourth-order valence-corrected chi connectivity index (χ4v) is 10.1. The Morgan fingerprint density at radius 1 is 0.938 bits per heavy atom. The van der Waals surface area contributed by atoms with E-state index in [-0.39, 0.29) is 22.9 Å². The van der Waals surface area contributed by atoms with Gasteiger partial charge in [0.25, 0.3) is 0 Å². The first-order valence-corrected chi connectivity index (χ1v) is 13.6. The van der Waals surface area contributed by atoms with Crippen molar-refractivity contribution in [2.45, 2.75) is 110 Å². The first-order chi connectivity index (χ1) is 15.0. The zero-order chi connectivity index (χ0) is 22.9. The molecular formula is C28H47NO3. The van der Waals surface area contributed by atoms with Crippen LogP contribution in [0.3, 0.4) is 0 Å². The number of aliphatic hydroxyl groups is 2. The molecule has 0 aromatic rings. The van der Waals surface area contributed by atoms with Gasteiger partial charge in [0.15, 0.2) is 0 Å². The van der Waals surface area contributed by atoms with Crippen molar-refractivity contribution in [3.05, 3.63) is 0 Å². The van der Waals surface area contributed by atoms with Gasteiger partial charge in [-0.3, -0.25) is 9.69 Å². The quantitative estimate of drug-likeness (QED) is 0.654. The Morgan fingerprint density at radius 2 is 1.72 bits per heavy atom. The van der Waals surface area contributed by atoms with Gasteiger partial charge >= 0.3 is 0 Å². The van der Waals surface area contributed by atoms with E-state index in [2.05, 4.69) is 25.7 Å². The summed E-state index contributed by atoms with van der Waals surface area (Å²) in [6.45, 7) is 11.8. The summed E-state index contributed by atoms with van der Waals surface area (Å²) in [6.07, 6.45) is 11.9. The Kier molecular flexibility index (Phi) is 5.67. The van der Waals surface area contributed by atoms with Gasteiger partial charge in [0.2, 0.25) is 0 Å². The van der Waals surface area contributed by atoms with Crippen LogP contribution in [-0.4, -0.2) is 52.2 Å². The van der Waals surface area contributed by atoms with Crippen LogP contribution in [0.15, 0.2) is 0 Å². The molecule has 1 aliphatic heterocycles. The normalized spacial score (nSPS) is 53.9. The van der Waals surface area contributed by atoms with E-state index in [4.69, 9.17) is 0 Å². The number of β-amino-alcohol motifs (C(OH)–C–C–N with tert-alkyl or cyclic N) is 1. The van der Waals surface area contributed by atoms with E-state index in [9.17, 15) is 15.0 Å². The minimum Gasteiger partial charge on any atom is -0.392 e. The van der Waals surface area contributed by atoms with Crippen LogP contribution in [0.2, 0.25) is 0 Å². The third-order valence-corrected chi connectivity index (χ3v) is 12.0. The molecule has 32 heavy (non-hydrogen) atoms. The molecule has 4 saturated carbocycles. The fourth-order valence-electron chi connectivity index (χ4n) is 10.1. The van der Waals surface area contributed by atoms with Gasteiger partial charge in [-0.2, -0.15) is 0 Å². The van der Waals surface area contributed by atoms with Crippen molar-refractivity contribution in [3.8, 4) is 0 Å². The summed E-state index contributed by atoms with van der Waals surface area (Å²) in [7, 11) is 0. The summed E-state index contributed by atoms with van der Waals surface area (Å²) in [5.41, 5.74) is 0.245. The number of likely N-dealkylation sites (tertiary alicyclic amines) is 1. The number of hydrogen-bond acceptors (Lipinski definition) is 4. The maximum Gasteiger partial charge on any atom is 0.150 e. The number of carbonyl (C=O) groups excluding carboxylic acids is 1. The van der Waals surface area contributed by atoms with Gasteiger partial charge in [0.05, 0.1) is 18.2 Å². The smallest absolute Gasteiger partial charge is 0.150 e. The van der Waals surface area contributed by atoms with Gasteiger partial charge in [-0.15, -0.1) is 0 Å². The van der Waals surface area contributed by atoms with Gasteiger partial charge in [-0.25, -0.2) is 0 Å². The number of piperidine rings is 1. The second-order valence-corrected chi connectivity index (χ2v) is 13.7. The van der Waals surface area contributed by atoms with E-state index in [1.165, 1.54) is 38.5 Å². The van der Waals surface area contributed by atoms with Crippen LogP contribution in [0, 0.1) is 39.9 Å². The number of Topliss-reactive ketones (excluding diaryl/α,β-unsaturated/α-hetero) is 1. The van der Waals surface area contributed by atoms with E-state index in [0.29, 0.717) is 36.1 Å². The second kappa shape index (κ2) is 7.78. The largest absolute Gasteiger partial charge is 0.392 e. The van der Waals surface area contributed by atoms with Crippen molar-refractivity contribution in [2.24, 2.45) is 39.9 Å². The highest BCUT2D eigenvalue weighted by Crippen LogP contribution is 2.74. The van der Waals surface area contributed by atoms with Crippen LogP contribution in [0.5, 0.6) is 0 Å². The number of ketones is 1. The summed E-state index contributed by atoms with van der Waals surface area (Å²) < 4.78 is 0. The van der Waals surface area contributed by atoms with E-state index in [1.54, 1.807) is 0 Å². The van der Waals surface area contributed by atoms with Gasteiger partial charge in [-0.05, 0) is 118 Å². The first-order valence-electron chi connectivity index (χ1n) is 13.6. The molecule has 5 fully saturated rings.